The first-order chi connectivity index (χ1) is 7.72. The minimum atomic E-state index is -0.286. The third-order valence-corrected chi connectivity index (χ3v) is 4.07. The van der Waals surface area contributed by atoms with Gasteiger partial charge in [0.25, 0.3) is 0 Å². The molecule has 1 aromatic heterocycles. The third-order valence-electron chi connectivity index (χ3n) is 2.20. The van der Waals surface area contributed by atoms with Crippen LogP contribution in [0.4, 0.5) is 0 Å². The molecule has 2 aromatic rings. The van der Waals surface area contributed by atoms with E-state index in [1.54, 1.807) is 6.92 Å². The molecule has 3 nitrogen and oxygen atoms in total. The van der Waals surface area contributed by atoms with Crippen molar-refractivity contribution in [1.82, 2.24) is 4.98 Å². The summed E-state index contributed by atoms with van der Waals surface area (Å²) in [4.78, 5) is 16.2. The van der Waals surface area contributed by atoms with Crippen LogP contribution in [-0.2, 0) is 0 Å². The van der Waals surface area contributed by atoms with Crippen LogP contribution >= 0.6 is 0 Å². The van der Waals surface area contributed by atoms with Crippen LogP contribution in [0.15, 0.2) is 35.1 Å². The van der Waals surface area contributed by atoms with Crippen LogP contribution in [0.25, 0.3) is 10.1 Å². The van der Waals surface area contributed by atoms with E-state index in [4.69, 9.17) is 4.74 Å². The summed E-state index contributed by atoms with van der Waals surface area (Å²) < 4.78 is 5.97. The average Bonchev–Trinajstić information content (AvgIpc) is 2.30. The number of benzene rings is 1. The summed E-state index contributed by atoms with van der Waals surface area (Å²) in [6.45, 7) is 1.80. The van der Waals surface area contributed by atoms with E-state index in [1.165, 1.54) is 7.11 Å². The number of ether oxygens (including phenoxy) is 1. The van der Waals surface area contributed by atoms with Gasteiger partial charge in [0.2, 0.25) is 0 Å². The van der Waals surface area contributed by atoms with Crippen molar-refractivity contribution in [1.29, 1.82) is 0 Å². The second-order valence-corrected chi connectivity index (χ2v) is 5.31. The molecule has 0 saturated carbocycles. The fraction of sp³-hybridized carbons (Fsp3) is 0.167. The van der Waals surface area contributed by atoms with Gasteiger partial charge in [-0.3, -0.25) is 0 Å². The first-order valence-corrected chi connectivity index (χ1v) is 6.55. The predicted octanol–water partition coefficient (Wildman–Crippen LogP) is 1.48. The van der Waals surface area contributed by atoms with Crippen molar-refractivity contribution >= 4 is 14.5 Å². The summed E-state index contributed by atoms with van der Waals surface area (Å²) in [5.41, 5.74) is 1.69. The van der Waals surface area contributed by atoms with Gasteiger partial charge in [-0.1, -0.05) is 0 Å². The number of aromatic nitrogens is 1. The van der Waals surface area contributed by atoms with Gasteiger partial charge in [-0.2, -0.15) is 0 Å². The molecule has 16 heavy (non-hydrogen) atoms. The molecular formula is C12H11NO2Se. The molecular weight excluding hydrogens is 269 g/mol. The zero-order valence-corrected chi connectivity index (χ0v) is 10.8. The maximum atomic E-state index is 11.8. The second-order valence-electron chi connectivity index (χ2n) is 3.29. The molecule has 0 aliphatic carbocycles. The Balaban J connectivity index is 2.57. The van der Waals surface area contributed by atoms with E-state index >= 15 is 0 Å². The zero-order valence-electron chi connectivity index (χ0n) is 9.06. The molecule has 0 unspecified atom stereocenters. The molecule has 2 rings (SSSR count). The molecule has 4 heteroatoms. The van der Waals surface area contributed by atoms with E-state index in [2.05, 4.69) is 4.98 Å². The Morgan fingerprint density at radius 3 is 2.50 bits per heavy atom. The number of rotatable bonds is 2. The summed E-state index contributed by atoms with van der Waals surface area (Å²) >= 11 is -0.286. The van der Waals surface area contributed by atoms with Crippen molar-refractivity contribution < 1.29 is 4.74 Å². The monoisotopic (exact) mass is 281 g/mol. The summed E-state index contributed by atoms with van der Waals surface area (Å²) in [5.74, 6) is 0.402. The topological polar surface area (TPSA) is 39.2 Å². The standard InChI is InChI=1S/C12H11NO2Se/c1-8-10(15-2)12(14)16-11(13-8)9-6-4-3-5-7-9/h3-7H,1-2H3. The van der Waals surface area contributed by atoms with Crippen LogP contribution in [0.1, 0.15) is 5.69 Å². The van der Waals surface area contributed by atoms with Gasteiger partial charge in [-0.25, -0.2) is 0 Å². The van der Waals surface area contributed by atoms with Gasteiger partial charge in [0.05, 0.1) is 0 Å². The molecule has 0 saturated heterocycles. The molecule has 82 valence electrons. The van der Waals surface area contributed by atoms with Gasteiger partial charge < -0.3 is 0 Å². The van der Waals surface area contributed by atoms with Crippen LogP contribution in [0.2, 0.25) is 0 Å². The van der Waals surface area contributed by atoms with E-state index in [1.807, 2.05) is 30.3 Å². The SMILES string of the molecule is COc1c(C)nc(-c2ccccc2)[se]c1=O. The number of hydrogen-bond donors (Lipinski definition) is 0. The molecule has 0 fully saturated rings. The Labute approximate surface area is 99.5 Å². The van der Waals surface area contributed by atoms with Crippen molar-refractivity contribution in [3.63, 3.8) is 0 Å². The van der Waals surface area contributed by atoms with Gasteiger partial charge in [0.1, 0.15) is 0 Å². The second kappa shape index (κ2) is 4.64. The van der Waals surface area contributed by atoms with Gasteiger partial charge in [0, 0.05) is 0 Å². The van der Waals surface area contributed by atoms with E-state index in [0.29, 0.717) is 11.4 Å². The maximum absolute atomic E-state index is 11.8. The average molecular weight is 280 g/mol. The zero-order chi connectivity index (χ0) is 11.5. The van der Waals surface area contributed by atoms with Crippen LogP contribution in [0.3, 0.4) is 0 Å². The molecule has 0 aliphatic heterocycles. The number of hydrogen-bond acceptors (Lipinski definition) is 3. The molecule has 1 heterocycles. The van der Waals surface area contributed by atoms with Crippen molar-refractivity contribution in [2.45, 2.75) is 6.92 Å². The molecule has 0 N–H and O–H groups in total. The number of methoxy groups -OCH3 is 1. The van der Waals surface area contributed by atoms with E-state index in [9.17, 15) is 4.79 Å². The van der Waals surface area contributed by atoms with E-state index in [-0.39, 0.29) is 18.8 Å². The van der Waals surface area contributed by atoms with Crippen LogP contribution < -0.4 is 9.04 Å². The number of aryl methyl sites for hydroxylation is 1. The van der Waals surface area contributed by atoms with Crippen LogP contribution in [-0.4, -0.2) is 26.6 Å². The van der Waals surface area contributed by atoms with Crippen LogP contribution in [0, 0.1) is 6.92 Å². The van der Waals surface area contributed by atoms with Crippen molar-refractivity contribution in [3.05, 3.63) is 45.1 Å². The van der Waals surface area contributed by atoms with Gasteiger partial charge >= 0.3 is 99.3 Å². The summed E-state index contributed by atoms with van der Waals surface area (Å²) in [7, 11) is 1.51. The van der Waals surface area contributed by atoms with Gasteiger partial charge in [-0.15, -0.1) is 0 Å². The van der Waals surface area contributed by atoms with Crippen molar-refractivity contribution in [2.75, 3.05) is 7.11 Å². The Hall–Kier alpha value is -1.38. The van der Waals surface area contributed by atoms with Gasteiger partial charge in [-0.05, 0) is 0 Å². The molecule has 0 bridgehead atoms. The predicted molar refractivity (Wildman–Crippen MR) is 64.2 cm³/mol. The molecule has 1 aromatic carbocycles. The molecule has 0 aliphatic rings. The Morgan fingerprint density at radius 1 is 1.25 bits per heavy atom. The van der Waals surface area contributed by atoms with E-state index in [0.717, 1.165) is 10.1 Å². The Bertz CT molecular complexity index is 549. The number of nitrogens with zero attached hydrogens (tertiary/aromatic N) is 1. The Kier molecular flexibility index (Phi) is 3.22. The van der Waals surface area contributed by atoms with Crippen molar-refractivity contribution in [3.8, 4) is 15.9 Å². The molecule has 0 amide bonds. The first kappa shape index (κ1) is 11.1. The minimum absolute atomic E-state index is 0.0568. The fourth-order valence-electron chi connectivity index (χ4n) is 1.44. The fourth-order valence-corrected chi connectivity index (χ4v) is 3.41. The normalized spacial score (nSPS) is 10.1. The van der Waals surface area contributed by atoms with Crippen molar-refractivity contribution in [2.24, 2.45) is 0 Å². The quantitative estimate of drug-likeness (QED) is 0.782. The molecule has 0 atom stereocenters. The first-order valence-electron chi connectivity index (χ1n) is 4.83. The third kappa shape index (κ3) is 2.08. The molecule has 0 radical (unpaired) electrons. The summed E-state index contributed by atoms with van der Waals surface area (Å²) in [6, 6.07) is 9.79. The Morgan fingerprint density at radius 2 is 1.94 bits per heavy atom. The summed E-state index contributed by atoms with van der Waals surface area (Å²) in [5, 5.41) is 0. The van der Waals surface area contributed by atoms with E-state index < -0.39 is 0 Å². The molecule has 0 spiro atoms. The van der Waals surface area contributed by atoms with Gasteiger partial charge in [0.15, 0.2) is 0 Å². The van der Waals surface area contributed by atoms with Crippen LogP contribution in [0.5, 0.6) is 5.75 Å². The summed E-state index contributed by atoms with van der Waals surface area (Å²) in [6.07, 6.45) is 0.